The molecule has 3 aromatic carbocycles. The van der Waals surface area contributed by atoms with Gasteiger partial charge in [0.25, 0.3) is 0 Å². The molecular formula is C26H26ClNO. The predicted octanol–water partition coefficient (Wildman–Crippen LogP) is 6.93. The van der Waals surface area contributed by atoms with Gasteiger partial charge in [-0.2, -0.15) is 0 Å². The first-order valence-corrected chi connectivity index (χ1v) is 10.3. The maximum Gasteiger partial charge on any atom is 0.246 e. The standard InChI is InChI=1S/C26H26ClNO/c1-17-7-6-8-21(15-17)28-23-16-20(27)13-14-22(23)26(5,24(28)29)19-11-9-18(10-12-19)25(2,3)4/h6-16H,1-5H3. The summed E-state index contributed by atoms with van der Waals surface area (Å²) in [6, 6.07) is 22.2. The van der Waals surface area contributed by atoms with E-state index < -0.39 is 5.41 Å². The second-order valence-corrected chi connectivity index (χ2v) is 9.53. The highest BCUT2D eigenvalue weighted by atomic mass is 35.5. The molecular weight excluding hydrogens is 378 g/mol. The molecule has 29 heavy (non-hydrogen) atoms. The summed E-state index contributed by atoms with van der Waals surface area (Å²) in [5, 5.41) is 0.626. The van der Waals surface area contributed by atoms with Crippen molar-refractivity contribution in [3.8, 4) is 0 Å². The number of carbonyl (C=O) groups excluding carboxylic acids is 1. The number of anilines is 2. The van der Waals surface area contributed by atoms with Crippen LogP contribution < -0.4 is 4.90 Å². The third-order valence-corrected chi connectivity index (χ3v) is 6.19. The molecule has 0 fully saturated rings. The van der Waals surface area contributed by atoms with Crippen LogP contribution in [0.4, 0.5) is 11.4 Å². The molecule has 0 bridgehead atoms. The lowest BCUT2D eigenvalue weighted by molar-refractivity contribution is -0.120. The normalized spacial score (nSPS) is 18.8. The van der Waals surface area contributed by atoms with Crippen LogP contribution in [0.3, 0.4) is 0 Å². The number of halogens is 1. The van der Waals surface area contributed by atoms with Gasteiger partial charge in [-0.3, -0.25) is 9.69 Å². The van der Waals surface area contributed by atoms with Crippen LogP contribution in [0.25, 0.3) is 0 Å². The highest BCUT2D eigenvalue weighted by Crippen LogP contribution is 2.49. The van der Waals surface area contributed by atoms with E-state index in [0.717, 1.165) is 28.1 Å². The fourth-order valence-electron chi connectivity index (χ4n) is 4.17. The Morgan fingerprint density at radius 1 is 0.931 bits per heavy atom. The Balaban J connectivity index is 1.90. The first-order valence-electron chi connectivity index (χ1n) is 9.94. The van der Waals surface area contributed by atoms with Gasteiger partial charge in [0.05, 0.1) is 11.1 Å². The van der Waals surface area contributed by atoms with Crippen molar-refractivity contribution >= 4 is 28.9 Å². The van der Waals surface area contributed by atoms with Crippen LogP contribution in [0.2, 0.25) is 5.02 Å². The van der Waals surface area contributed by atoms with Crippen molar-refractivity contribution in [2.75, 3.05) is 4.90 Å². The van der Waals surface area contributed by atoms with Crippen LogP contribution in [-0.2, 0) is 15.6 Å². The van der Waals surface area contributed by atoms with Gasteiger partial charge in [-0.1, -0.05) is 74.8 Å². The zero-order valence-electron chi connectivity index (χ0n) is 17.6. The van der Waals surface area contributed by atoms with Gasteiger partial charge in [0, 0.05) is 10.7 Å². The van der Waals surface area contributed by atoms with Crippen molar-refractivity contribution in [3.05, 3.63) is 94.0 Å². The Hall–Kier alpha value is -2.58. The number of carbonyl (C=O) groups is 1. The number of amides is 1. The van der Waals surface area contributed by atoms with Crippen LogP contribution in [0.1, 0.15) is 49.9 Å². The van der Waals surface area contributed by atoms with Crippen molar-refractivity contribution in [2.45, 2.75) is 45.4 Å². The maximum absolute atomic E-state index is 13.9. The van der Waals surface area contributed by atoms with E-state index in [4.69, 9.17) is 11.6 Å². The fourth-order valence-corrected chi connectivity index (χ4v) is 4.33. The first-order chi connectivity index (χ1) is 13.6. The molecule has 3 heteroatoms. The molecule has 1 unspecified atom stereocenters. The highest BCUT2D eigenvalue weighted by Gasteiger charge is 2.49. The van der Waals surface area contributed by atoms with E-state index >= 15 is 0 Å². The summed E-state index contributed by atoms with van der Waals surface area (Å²) in [7, 11) is 0. The van der Waals surface area contributed by atoms with Crippen LogP contribution >= 0.6 is 11.6 Å². The monoisotopic (exact) mass is 403 g/mol. The van der Waals surface area contributed by atoms with Gasteiger partial charge >= 0.3 is 0 Å². The van der Waals surface area contributed by atoms with Crippen molar-refractivity contribution in [2.24, 2.45) is 0 Å². The van der Waals surface area contributed by atoms with E-state index in [-0.39, 0.29) is 11.3 Å². The lowest BCUT2D eigenvalue weighted by Gasteiger charge is -2.27. The Kier molecular flexibility index (Phi) is 4.59. The lowest BCUT2D eigenvalue weighted by atomic mass is 9.76. The minimum atomic E-state index is -0.764. The van der Waals surface area contributed by atoms with E-state index in [1.807, 2.05) is 61.2 Å². The minimum absolute atomic E-state index is 0.0453. The third kappa shape index (κ3) is 3.16. The van der Waals surface area contributed by atoms with Gasteiger partial charge in [-0.15, -0.1) is 0 Å². The van der Waals surface area contributed by atoms with E-state index in [1.54, 1.807) is 0 Å². The third-order valence-electron chi connectivity index (χ3n) is 5.96. The van der Waals surface area contributed by atoms with Crippen LogP contribution in [-0.4, -0.2) is 5.91 Å². The van der Waals surface area contributed by atoms with Gasteiger partial charge in [0.15, 0.2) is 0 Å². The summed E-state index contributed by atoms with van der Waals surface area (Å²) < 4.78 is 0. The van der Waals surface area contributed by atoms with Gasteiger partial charge < -0.3 is 0 Å². The average Bonchev–Trinajstić information content (AvgIpc) is 2.89. The number of benzene rings is 3. The SMILES string of the molecule is Cc1cccc(N2C(=O)C(C)(c3ccc(C(C)(C)C)cc3)c3ccc(Cl)cc32)c1. The predicted molar refractivity (Wildman–Crippen MR) is 121 cm³/mol. The van der Waals surface area contributed by atoms with Crippen molar-refractivity contribution in [3.63, 3.8) is 0 Å². The summed E-state index contributed by atoms with van der Waals surface area (Å²) in [6.45, 7) is 10.6. The van der Waals surface area contributed by atoms with Gasteiger partial charge in [0.1, 0.15) is 0 Å². The molecule has 0 aliphatic carbocycles. The van der Waals surface area contributed by atoms with E-state index in [9.17, 15) is 4.79 Å². The summed E-state index contributed by atoms with van der Waals surface area (Å²) >= 11 is 6.33. The first kappa shape index (κ1) is 19.7. The van der Waals surface area contributed by atoms with E-state index in [1.165, 1.54) is 5.56 Å². The van der Waals surface area contributed by atoms with Crippen LogP contribution in [0, 0.1) is 6.92 Å². The quantitative estimate of drug-likeness (QED) is 0.454. The lowest BCUT2D eigenvalue weighted by Crippen LogP contribution is -2.36. The molecule has 0 saturated heterocycles. The maximum atomic E-state index is 13.9. The van der Waals surface area contributed by atoms with E-state index in [2.05, 4.69) is 45.0 Å². The summed E-state index contributed by atoms with van der Waals surface area (Å²) in [6.07, 6.45) is 0. The highest BCUT2D eigenvalue weighted by molar-refractivity contribution is 6.31. The van der Waals surface area contributed by atoms with Gasteiger partial charge in [-0.25, -0.2) is 0 Å². The molecule has 0 aromatic heterocycles. The molecule has 3 aromatic rings. The second kappa shape index (κ2) is 6.74. The molecule has 1 aliphatic heterocycles. The molecule has 0 saturated carbocycles. The van der Waals surface area contributed by atoms with Crippen molar-refractivity contribution in [1.82, 2.24) is 0 Å². The van der Waals surface area contributed by atoms with Gasteiger partial charge in [0.2, 0.25) is 5.91 Å². The molecule has 1 heterocycles. The van der Waals surface area contributed by atoms with E-state index in [0.29, 0.717) is 5.02 Å². The van der Waals surface area contributed by atoms with Crippen molar-refractivity contribution < 1.29 is 4.79 Å². The Morgan fingerprint density at radius 3 is 2.24 bits per heavy atom. The number of fused-ring (bicyclic) bond motifs is 1. The molecule has 1 amide bonds. The molecule has 148 valence electrons. The molecule has 1 atom stereocenters. The number of hydrogen-bond acceptors (Lipinski definition) is 1. The molecule has 0 radical (unpaired) electrons. The number of hydrogen-bond donors (Lipinski definition) is 0. The number of aryl methyl sites for hydroxylation is 1. The molecule has 2 nitrogen and oxygen atoms in total. The molecule has 4 rings (SSSR count). The smallest absolute Gasteiger partial charge is 0.246 e. The second-order valence-electron chi connectivity index (χ2n) is 9.09. The minimum Gasteiger partial charge on any atom is -0.280 e. The summed E-state index contributed by atoms with van der Waals surface area (Å²) in [4.78, 5) is 15.7. The Morgan fingerprint density at radius 2 is 1.62 bits per heavy atom. The van der Waals surface area contributed by atoms with Crippen molar-refractivity contribution in [1.29, 1.82) is 0 Å². The average molecular weight is 404 g/mol. The molecule has 0 N–H and O–H groups in total. The summed E-state index contributed by atoms with van der Waals surface area (Å²) in [5.41, 5.74) is 5.37. The zero-order valence-corrected chi connectivity index (χ0v) is 18.3. The van der Waals surface area contributed by atoms with Crippen LogP contribution in [0.5, 0.6) is 0 Å². The zero-order chi connectivity index (χ0) is 21.0. The van der Waals surface area contributed by atoms with Gasteiger partial charge in [-0.05, 0) is 65.8 Å². The number of nitrogens with zero attached hydrogens (tertiary/aromatic N) is 1. The topological polar surface area (TPSA) is 20.3 Å². The Bertz CT molecular complexity index is 1090. The van der Waals surface area contributed by atoms with Crippen LogP contribution in [0.15, 0.2) is 66.7 Å². The molecule has 1 aliphatic rings. The largest absolute Gasteiger partial charge is 0.280 e. The fraction of sp³-hybridized carbons (Fsp3) is 0.269. The number of rotatable bonds is 2. The molecule has 0 spiro atoms. The summed E-state index contributed by atoms with van der Waals surface area (Å²) in [5.74, 6) is 0.0453. The Labute approximate surface area is 178 Å².